The Morgan fingerprint density at radius 2 is 2.00 bits per heavy atom. The summed E-state index contributed by atoms with van der Waals surface area (Å²) >= 11 is 3.51. The van der Waals surface area contributed by atoms with Crippen molar-refractivity contribution in [2.45, 2.75) is 0 Å². The van der Waals surface area contributed by atoms with Crippen LogP contribution in [0, 0.1) is 0 Å². The molecule has 1 aromatic carbocycles. The maximum Gasteiger partial charge on any atom is 0.0923 e. The van der Waals surface area contributed by atoms with E-state index in [9.17, 15) is 0 Å². The number of nitrogens with zero attached hydrogens (tertiary/aromatic N) is 1. The second-order valence-electron chi connectivity index (χ2n) is 2.62. The van der Waals surface area contributed by atoms with Crippen LogP contribution in [0.25, 0.3) is 10.8 Å². The summed E-state index contributed by atoms with van der Waals surface area (Å²) in [5, 5.41) is 2.55. The molecule has 0 N–H and O–H groups in total. The van der Waals surface area contributed by atoms with Gasteiger partial charge in [-0.15, -0.1) is 0 Å². The van der Waals surface area contributed by atoms with Crippen LogP contribution in [0.4, 0.5) is 0 Å². The van der Waals surface area contributed by atoms with Crippen LogP contribution in [-0.4, -0.2) is 4.57 Å². The molecule has 2 heteroatoms. The SMILES string of the molecule is Cn1cc2ccccc2c1Br. The Morgan fingerprint density at radius 3 is 2.73 bits per heavy atom. The van der Waals surface area contributed by atoms with E-state index in [1.807, 2.05) is 13.1 Å². The lowest BCUT2D eigenvalue weighted by atomic mass is 10.2. The van der Waals surface area contributed by atoms with Gasteiger partial charge >= 0.3 is 0 Å². The number of rotatable bonds is 0. The van der Waals surface area contributed by atoms with Gasteiger partial charge in [-0.25, -0.2) is 0 Å². The van der Waals surface area contributed by atoms with Crippen LogP contribution in [0.2, 0.25) is 0 Å². The quantitative estimate of drug-likeness (QED) is 0.629. The molecule has 0 spiro atoms. The standard InChI is InChI=1S/C9H8BrN/c1-11-6-7-4-2-3-5-8(7)9(11)10/h2-6H,1H3. The minimum atomic E-state index is 1.15. The van der Waals surface area contributed by atoms with E-state index in [0.29, 0.717) is 0 Å². The highest BCUT2D eigenvalue weighted by molar-refractivity contribution is 9.10. The zero-order valence-corrected chi connectivity index (χ0v) is 7.80. The minimum Gasteiger partial charge on any atom is -0.344 e. The highest BCUT2D eigenvalue weighted by Gasteiger charge is 2.00. The van der Waals surface area contributed by atoms with Crippen molar-refractivity contribution in [2.75, 3.05) is 0 Å². The zero-order chi connectivity index (χ0) is 7.84. The third-order valence-corrected chi connectivity index (χ3v) is 2.81. The average molecular weight is 210 g/mol. The number of fused-ring (bicyclic) bond motifs is 1. The Balaban J connectivity index is 2.92. The van der Waals surface area contributed by atoms with Crippen LogP contribution in [0.3, 0.4) is 0 Å². The number of hydrogen-bond acceptors (Lipinski definition) is 0. The molecule has 2 rings (SSSR count). The molecule has 1 heterocycles. The molecule has 0 saturated carbocycles. The van der Waals surface area contributed by atoms with Crippen molar-refractivity contribution in [1.29, 1.82) is 0 Å². The molecule has 0 bridgehead atoms. The van der Waals surface area contributed by atoms with Crippen molar-refractivity contribution < 1.29 is 0 Å². The fraction of sp³-hybridized carbons (Fsp3) is 0.111. The van der Waals surface area contributed by atoms with Crippen molar-refractivity contribution in [1.82, 2.24) is 4.57 Å². The van der Waals surface area contributed by atoms with Gasteiger partial charge in [0.05, 0.1) is 4.60 Å². The molecule has 0 fully saturated rings. The van der Waals surface area contributed by atoms with Crippen LogP contribution in [-0.2, 0) is 7.05 Å². The second kappa shape index (κ2) is 2.38. The molecule has 0 amide bonds. The summed E-state index contributed by atoms with van der Waals surface area (Å²) in [7, 11) is 2.03. The van der Waals surface area contributed by atoms with E-state index in [0.717, 1.165) is 4.60 Å². The Bertz CT molecular complexity index is 389. The van der Waals surface area contributed by atoms with Crippen LogP contribution in [0.1, 0.15) is 0 Å². The highest BCUT2D eigenvalue weighted by Crippen LogP contribution is 2.24. The first-order valence-corrected chi connectivity index (χ1v) is 4.28. The lowest BCUT2D eigenvalue weighted by Crippen LogP contribution is -1.81. The van der Waals surface area contributed by atoms with Crippen molar-refractivity contribution in [3.05, 3.63) is 35.1 Å². The van der Waals surface area contributed by atoms with Gasteiger partial charge < -0.3 is 4.57 Å². The second-order valence-corrected chi connectivity index (χ2v) is 3.37. The monoisotopic (exact) mass is 209 g/mol. The Labute approximate surface area is 73.8 Å². The van der Waals surface area contributed by atoms with E-state index < -0.39 is 0 Å². The Hall–Kier alpha value is -0.760. The third kappa shape index (κ3) is 0.979. The van der Waals surface area contributed by atoms with Gasteiger partial charge in [-0.2, -0.15) is 0 Å². The van der Waals surface area contributed by atoms with Crippen molar-refractivity contribution in [3.63, 3.8) is 0 Å². The van der Waals surface area contributed by atoms with Crippen molar-refractivity contribution in [2.24, 2.45) is 7.05 Å². The van der Waals surface area contributed by atoms with E-state index in [1.54, 1.807) is 0 Å². The summed E-state index contributed by atoms with van der Waals surface area (Å²) < 4.78 is 3.22. The lowest BCUT2D eigenvalue weighted by molar-refractivity contribution is 0.908. The molecular weight excluding hydrogens is 202 g/mol. The molecule has 1 nitrogen and oxygen atoms in total. The molecule has 1 aromatic heterocycles. The van der Waals surface area contributed by atoms with E-state index in [1.165, 1.54) is 10.8 Å². The van der Waals surface area contributed by atoms with Crippen LogP contribution in [0.15, 0.2) is 35.1 Å². The van der Waals surface area contributed by atoms with Gasteiger partial charge in [0.1, 0.15) is 0 Å². The van der Waals surface area contributed by atoms with Crippen LogP contribution in [0.5, 0.6) is 0 Å². The first kappa shape index (κ1) is 6.92. The van der Waals surface area contributed by atoms with Crippen LogP contribution >= 0.6 is 15.9 Å². The van der Waals surface area contributed by atoms with Gasteiger partial charge in [0.15, 0.2) is 0 Å². The smallest absolute Gasteiger partial charge is 0.0923 e. The molecule has 0 aliphatic rings. The molecule has 0 atom stereocenters. The van der Waals surface area contributed by atoms with Crippen LogP contribution < -0.4 is 0 Å². The van der Waals surface area contributed by atoms with E-state index >= 15 is 0 Å². The maximum absolute atomic E-state index is 3.51. The lowest BCUT2D eigenvalue weighted by Gasteiger charge is -1.90. The molecule has 0 saturated heterocycles. The average Bonchev–Trinajstić information content (AvgIpc) is 2.30. The summed E-state index contributed by atoms with van der Waals surface area (Å²) in [6.45, 7) is 0. The van der Waals surface area contributed by atoms with Gasteiger partial charge in [0, 0.05) is 24.0 Å². The van der Waals surface area contributed by atoms with E-state index in [2.05, 4.69) is 44.9 Å². The third-order valence-electron chi connectivity index (χ3n) is 1.83. The molecule has 0 radical (unpaired) electrons. The topological polar surface area (TPSA) is 4.93 Å². The number of halogens is 1. The summed E-state index contributed by atoms with van der Waals surface area (Å²) in [4.78, 5) is 0. The Morgan fingerprint density at radius 1 is 1.27 bits per heavy atom. The van der Waals surface area contributed by atoms with Gasteiger partial charge in [-0.3, -0.25) is 0 Å². The number of aromatic nitrogens is 1. The molecule has 0 unspecified atom stereocenters. The van der Waals surface area contributed by atoms with Gasteiger partial charge in [0.25, 0.3) is 0 Å². The van der Waals surface area contributed by atoms with Gasteiger partial charge in [-0.05, 0) is 15.9 Å². The Kier molecular flexibility index (Phi) is 1.50. The van der Waals surface area contributed by atoms with Crippen molar-refractivity contribution >= 4 is 26.7 Å². The van der Waals surface area contributed by atoms with Gasteiger partial charge in [-0.1, -0.05) is 24.3 Å². The molecular formula is C9H8BrN. The molecule has 11 heavy (non-hydrogen) atoms. The molecule has 56 valence electrons. The summed E-state index contributed by atoms with van der Waals surface area (Å²) in [6, 6.07) is 8.32. The normalized spacial score (nSPS) is 10.7. The van der Waals surface area contributed by atoms with E-state index in [4.69, 9.17) is 0 Å². The minimum absolute atomic E-state index is 1.15. The van der Waals surface area contributed by atoms with E-state index in [-0.39, 0.29) is 0 Å². The predicted octanol–water partition coefficient (Wildman–Crippen LogP) is 2.94. The summed E-state index contributed by atoms with van der Waals surface area (Å²) in [5.74, 6) is 0. The molecule has 0 aliphatic carbocycles. The van der Waals surface area contributed by atoms with Crippen molar-refractivity contribution in [3.8, 4) is 0 Å². The number of benzene rings is 1. The fourth-order valence-electron chi connectivity index (χ4n) is 1.25. The summed E-state index contributed by atoms with van der Waals surface area (Å²) in [6.07, 6.45) is 2.11. The zero-order valence-electron chi connectivity index (χ0n) is 6.21. The molecule has 0 aliphatic heterocycles. The first-order valence-electron chi connectivity index (χ1n) is 3.48. The number of hydrogen-bond donors (Lipinski definition) is 0. The van der Waals surface area contributed by atoms with Gasteiger partial charge in [0.2, 0.25) is 0 Å². The maximum atomic E-state index is 3.51. The fourth-order valence-corrected chi connectivity index (χ4v) is 1.72. The number of aryl methyl sites for hydroxylation is 1. The largest absolute Gasteiger partial charge is 0.344 e. The first-order chi connectivity index (χ1) is 5.29. The summed E-state index contributed by atoms with van der Waals surface area (Å²) in [5.41, 5.74) is 0. The highest BCUT2D eigenvalue weighted by atomic mass is 79.9. The predicted molar refractivity (Wildman–Crippen MR) is 50.6 cm³/mol. The molecule has 2 aromatic rings.